The third kappa shape index (κ3) is 3.02. The van der Waals surface area contributed by atoms with Gasteiger partial charge >= 0.3 is 0 Å². The number of amides is 1. The Morgan fingerprint density at radius 3 is 2.76 bits per heavy atom. The summed E-state index contributed by atoms with van der Waals surface area (Å²) in [7, 11) is 0. The number of carbonyl (C=O) groups excluding carboxylic acids is 1. The van der Waals surface area contributed by atoms with Gasteiger partial charge in [0.1, 0.15) is 12.0 Å². The fourth-order valence-corrected chi connectivity index (χ4v) is 2.00. The first-order chi connectivity index (χ1) is 10.2. The Morgan fingerprint density at radius 1 is 1.19 bits per heavy atom. The summed E-state index contributed by atoms with van der Waals surface area (Å²) < 4.78 is 10.3. The van der Waals surface area contributed by atoms with Gasteiger partial charge in [0.15, 0.2) is 11.9 Å². The lowest BCUT2D eigenvalue weighted by Gasteiger charge is -2.14. The normalized spacial score (nSPS) is 12.0. The van der Waals surface area contributed by atoms with Crippen molar-refractivity contribution in [2.24, 2.45) is 0 Å². The Hall–Kier alpha value is -2.82. The lowest BCUT2D eigenvalue weighted by atomic mass is 10.1. The second kappa shape index (κ2) is 5.66. The van der Waals surface area contributed by atoms with Crippen molar-refractivity contribution in [1.29, 1.82) is 0 Å². The summed E-state index contributed by atoms with van der Waals surface area (Å²) in [6.45, 7) is 1.69. The first-order valence-electron chi connectivity index (χ1n) is 6.59. The average Bonchev–Trinajstić information content (AvgIpc) is 3.00. The number of rotatable bonds is 4. The number of ether oxygens (including phenoxy) is 1. The highest BCUT2D eigenvalue weighted by atomic mass is 16.5. The minimum atomic E-state index is -0.636. The molecule has 1 atom stereocenters. The summed E-state index contributed by atoms with van der Waals surface area (Å²) >= 11 is 0. The SMILES string of the molecule is C[C@H](Oc1ccc2ccccc2c1)C(=O)Nc1ccon1. The van der Waals surface area contributed by atoms with Gasteiger partial charge in [0.05, 0.1) is 0 Å². The fourth-order valence-electron chi connectivity index (χ4n) is 2.00. The molecule has 0 aliphatic rings. The summed E-state index contributed by atoms with van der Waals surface area (Å²) in [6.07, 6.45) is 0.757. The number of carbonyl (C=O) groups is 1. The summed E-state index contributed by atoms with van der Waals surface area (Å²) in [5.74, 6) is 0.738. The lowest BCUT2D eigenvalue weighted by molar-refractivity contribution is -0.122. The predicted octanol–water partition coefficient (Wildman–Crippen LogP) is 3.23. The minimum absolute atomic E-state index is 0.281. The molecule has 0 fully saturated rings. The number of nitrogens with zero attached hydrogens (tertiary/aromatic N) is 1. The van der Waals surface area contributed by atoms with E-state index in [1.807, 2.05) is 42.5 Å². The van der Waals surface area contributed by atoms with E-state index < -0.39 is 6.10 Å². The molecule has 21 heavy (non-hydrogen) atoms. The van der Waals surface area contributed by atoms with Crippen LogP contribution in [0.3, 0.4) is 0 Å². The van der Waals surface area contributed by atoms with Crippen LogP contribution in [-0.4, -0.2) is 17.2 Å². The molecule has 0 aliphatic carbocycles. The molecule has 3 rings (SSSR count). The van der Waals surface area contributed by atoms with Crippen molar-refractivity contribution in [3.63, 3.8) is 0 Å². The Kier molecular flexibility index (Phi) is 3.55. The van der Waals surface area contributed by atoms with Crippen LogP contribution in [0.5, 0.6) is 5.75 Å². The molecule has 0 aliphatic heterocycles. The molecule has 1 aromatic heterocycles. The van der Waals surface area contributed by atoms with Crippen molar-refractivity contribution in [3.05, 3.63) is 54.8 Å². The molecule has 0 unspecified atom stereocenters. The van der Waals surface area contributed by atoms with Crippen LogP contribution in [0.15, 0.2) is 59.3 Å². The van der Waals surface area contributed by atoms with Crippen molar-refractivity contribution in [2.75, 3.05) is 5.32 Å². The molecule has 0 bridgehead atoms. The number of nitrogens with one attached hydrogen (secondary N) is 1. The van der Waals surface area contributed by atoms with Crippen LogP contribution in [0.2, 0.25) is 0 Å². The number of benzene rings is 2. The van der Waals surface area contributed by atoms with Gasteiger partial charge in [-0.05, 0) is 29.8 Å². The second-order valence-corrected chi connectivity index (χ2v) is 4.64. The highest BCUT2D eigenvalue weighted by Gasteiger charge is 2.16. The molecule has 1 N–H and O–H groups in total. The van der Waals surface area contributed by atoms with E-state index in [-0.39, 0.29) is 5.91 Å². The molecule has 0 saturated heterocycles. The molecule has 3 aromatic rings. The van der Waals surface area contributed by atoms with Crippen molar-refractivity contribution in [2.45, 2.75) is 13.0 Å². The van der Waals surface area contributed by atoms with E-state index in [1.165, 1.54) is 6.26 Å². The second-order valence-electron chi connectivity index (χ2n) is 4.64. The topological polar surface area (TPSA) is 64.4 Å². The molecule has 0 radical (unpaired) electrons. The van der Waals surface area contributed by atoms with Crippen molar-refractivity contribution >= 4 is 22.5 Å². The number of hydrogen-bond acceptors (Lipinski definition) is 4. The maximum Gasteiger partial charge on any atom is 0.266 e. The number of anilines is 1. The van der Waals surface area contributed by atoms with E-state index >= 15 is 0 Å². The lowest BCUT2D eigenvalue weighted by Crippen LogP contribution is -2.30. The maximum absolute atomic E-state index is 12.0. The zero-order valence-corrected chi connectivity index (χ0v) is 11.4. The molecule has 5 nitrogen and oxygen atoms in total. The highest BCUT2D eigenvalue weighted by Crippen LogP contribution is 2.21. The van der Waals surface area contributed by atoms with Gasteiger partial charge in [-0.25, -0.2) is 0 Å². The molecule has 0 saturated carbocycles. The zero-order chi connectivity index (χ0) is 14.7. The Balaban J connectivity index is 1.70. The fraction of sp³-hybridized carbons (Fsp3) is 0.125. The molecule has 0 spiro atoms. The molecule has 106 valence electrons. The maximum atomic E-state index is 12.0. The van der Waals surface area contributed by atoms with Crippen LogP contribution < -0.4 is 10.1 Å². The quantitative estimate of drug-likeness (QED) is 0.798. The number of aromatic nitrogens is 1. The molecule has 2 aromatic carbocycles. The van der Waals surface area contributed by atoms with Crippen LogP contribution in [0.4, 0.5) is 5.82 Å². The zero-order valence-electron chi connectivity index (χ0n) is 11.4. The van der Waals surface area contributed by atoms with Crippen LogP contribution in [0.1, 0.15) is 6.92 Å². The molecule has 1 amide bonds. The van der Waals surface area contributed by atoms with Crippen molar-refractivity contribution in [1.82, 2.24) is 5.16 Å². The van der Waals surface area contributed by atoms with Gasteiger partial charge in [0.25, 0.3) is 5.91 Å². The molecule has 5 heteroatoms. The third-order valence-corrected chi connectivity index (χ3v) is 3.09. The average molecular weight is 282 g/mol. The van der Waals surface area contributed by atoms with Crippen LogP contribution in [0, 0.1) is 0 Å². The minimum Gasteiger partial charge on any atom is -0.481 e. The van der Waals surface area contributed by atoms with Gasteiger partial charge < -0.3 is 14.6 Å². The summed E-state index contributed by atoms with van der Waals surface area (Å²) in [5.41, 5.74) is 0. The van der Waals surface area contributed by atoms with Crippen LogP contribution in [0.25, 0.3) is 10.8 Å². The first kappa shape index (κ1) is 13.2. The Bertz CT molecular complexity index is 753. The predicted molar refractivity (Wildman–Crippen MR) is 79.2 cm³/mol. The number of fused-ring (bicyclic) bond motifs is 1. The van der Waals surface area contributed by atoms with Gasteiger partial charge in [0.2, 0.25) is 0 Å². The van der Waals surface area contributed by atoms with Gasteiger partial charge in [-0.2, -0.15) is 0 Å². The largest absolute Gasteiger partial charge is 0.481 e. The summed E-state index contributed by atoms with van der Waals surface area (Å²) in [4.78, 5) is 12.0. The van der Waals surface area contributed by atoms with Gasteiger partial charge in [-0.15, -0.1) is 0 Å². The summed E-state index contributed by atoms with van der Waals surface area (Å²) in [5, 5.41) is 8.43. The monoisotopic (exact) mass is 282 g/mol. The van der Waals surface area contributed by atoms with Crippen molar-refractivity contribution in [3.8, 4) is 5.75 Å². The van der Waals surface area contributed by atoms with Crippen molar-refractivity contribution < 1.29 is 14.1 Å². The van der Waals surface area contributed by atoms with Gasteiger partial charge in [-0.3, -0.25) is 4.79 Å². The smallest absolute Gasteiger partial charge is 0.266 e. The van der Waals surface area contributed by atoms with E-state index in [9.17, 15) is 4.79 Å². The first-order valence-corrected chi connectivity index (χ1v) is 6.59. The van der Waals surface area contributed by atoms with Crippen LogP contribution in [-0.2, 0) is 4.79 Å². The van der Waals surface area contributed by atoms with E-state index in [0.717, 1.165) is 10.8 Å². The molecular formula is C16H14N2O3. The standard InChI is InChI=1S/C16H14N2O3/c1-11(16(19)17-15-8-9-20-18-15)21-14-7-6-12-4-2-3-5-13(12)10-14/h2-11H,1H3,(H,17,18,19)/t11-/m0/s1. The van der Waals surface area contributed by atoms with E-state index in [0.29, 0.717) is 11.6 Å². The Labute approximate surface area is 121 Å². The number of hydrogen-bond donors (Lipinski definition) is 1. The van der Waals surface area contributed by atoms with E-state index in [1.54, 1.807) is 13.0 Å². The van der Waals surface area contributed by atoms with E-state index in [4.69, 9.17) is 4.74 Å². The third-order valence-electron chi connectivity index (χ3n) is 3.09. The van der Waals surface area contributed by atoms with Gasteiger partial charge in [-0.1, -0.05) is 35.5 Å². The highest BCUT2D eigenvalue weighted by molar-refractivity contribution is 5.93. The summed E-state index contributed by atoms with van der Waals surface area (Å²) in [6, 6.07) is 15.3. The van der Waals surface area contributed by atoms with Crippen LogP contribution >= 0.6 is 0 Å². The Morgan fingerprint density at radius 2 is 2.00 bits per heavy atom. The van der Waals surface area contributed by atoms with Gasteiger partial charge in [0, 0.05) is 6.07 Å². The molecular weight excluding hydrogens is 268 g/mol. The van der Waals surface area contributed by atoms with E-state index in [2.05, 4.69) is 15.0 Å². The molecule has 1 heterocycles.